The third-order valence-corrected chi connectivity index (χ3v) is 1.43. The molecule has 5 heteroatoms. The maximum Gasteiger partial charge on any atom is 0.224 e. The lowest BCUT2D eigenvalue weighted by Gasteiger charge is -1.95. The molecule has 0 spiro atoms. The topological polar surface area (TPSA) is 72.0 Å². The van der Waals surface area contributed by atoms with Crippen LogP contribution in [0.2, 0.25) is 5.28 Å². The molecule has 0 aromatic carbocycles. The van der Waals surface area contributed by atoms with Crippen molar-refractivity contribution >= 4 is 17.4 Å². The largest absolute Gasteiger partial charge is 0.395 e. The third-order valence-electron chi connectivity index (χ3n) is 1.25. The maximum atomic E-state index is 8.47. The van der Waals surface area contributed by atoms with E-state index < -0.39 is 0 Å². The highest BCUT2D eigenvalue weighted by molar-refractivity contribution is 6.28. The molecule has 0 aliphatic carbocycles. The van der Waals surface area contributed by atoms with E-state index in [0.717, 1.165) is 0 Å². The van der Waals surface area contributed by atoms with Crippen LogP contribution >= 0.6 is 11.6 Å². The van der Waals surface area contributed by atoms with Gasteiger partial charge >= 0.3 is 0 Å². The molecule has 13 heavy (non-hydrogen) atoms. The molecule has 0 saturated carbocycles. The summed E-state index contributed by atoms with van der Waals surface area (Å²) < 4.78 is 0. The molecule has 1 rings (SSSR count). The fourth-order valence-corrected chi connectivity index (χ4v) is 0.822. The van der Waals surface area contributed by atoms with E-state index >= 15 is 0 Å². The number of hydrogen-bond acceptors (Lipinski definition) is 4. The zero-order valence-corrected chi connectivity index (χ0v) is 7.54. The second kappa shape index (κ2) is 4.65. The summed E-state index contributed by atoms with van der Waals surface area (Å²) >= 11 is 5.49. The van der Waals surface area contributed by atoms with Gasteiger partial charge in [0.25, 0.3) is 0 Å². The Morgan fingerprint density at radius 3 is 3.00 bits per heavy atom. The third kappa shape index (κ3) is 2.90. The predicted molar refractivity (Wildman–Crippen MR) is 50.0 cm³/mol. The van der Waals surface area contributed by atoms with E-state index in [-0.39, 0.29) is 17.7 Å². The highest BCUT2D eigenvalue weighted by Crippen LogP contribution is 2.08. The Balaban J connectivity index is 2.85. The minimum atomic E-state index is 0.0291. The molecule has 0 unspecified atom stereocenters. The van der Waals surface area contributed by atoms with Crippen LogP contribution in [0.1, 0.15) is 12.0 Å². The van der Waals surface area contributed by atoms with Crippen molar-refractivity contribution in [3.63, 3.8) is 0 Å². The van der Waals surface area contributed by atoms with E-state index in [1.54, 1.807) is 0 Å². The van der Waals surface area contributed by atoms with Crippen LogP contribution in [0.25, 0.3) is 0 Å². The molecule has 1 aromatic rings. The first-order valence-corrected chi connectivity index (χ1v) is 3.99. The number of halogens is 1. The fraction of sp³-hybridized carbons (Fsp3) is 0.250. The van der Waals surface area contributed by atoms with Crippen LogP contribution in [0.3, 0.4) is 0 Å². The average molecular weight is 198 g/mol. The van der Waals surface area contributed by atoms with Gasteiger partial charge in [0.15, 0.2) is 0 Å². The molecule has 0 aliphatic rings. The van der Waals surface area contributed by atoms with Crippen molar-refractivity contribution in [2.45, 2.75) is 6.42 Å². The second-order valence-electron chi connectivity index (χ2n) is 2.21. The minimum Gasteiger partial charge on any atom is -0.395 e. The summed E-state index contributed by atoms with van der Waals surface area (Å²) in [6.45, 7) is 0.0291. The summed E-state index contributed by atoms with van der Waals surface area (Å²) in [6.07, 6.45) is 1.86. The molecular weight excluding hydrogens is 190 g/mol. The summed E-state index contributed by atoms with van der Waals surface area (Å²) in [6, 6.07) is 0. The van der Waals surface area contributed by atoms with Crippen LogP contribution in [0.15, 0.2) is 6.20 Å². The van der Waals surface area contributed by atoms with E-state index in [1.807, 2.05) is 0 Å². The Labute approximate surface area is 80.8 Å². The number of aliphatic hydroxyl groups is 1. The maximum absolute atomic E-state index is 8.47. The average Bonchev–Trinajstić information content (AvgIpc) is 2.09. The summed E-state index contributed by atoms with van der Waals surface area (Å²) in [7, 11) is 0. The van der Waals surface area contributed by atoms with Crippen molar-refractivity contribution in [2.75, 3.05) is 12.3 Å². The van der Waals surface area contributed by atoms with Gasteiger partial charge in [0, 0.05) is 12.6 Å². The Kier molecular flexibility index (Phi) is 3.50. The van der Waals surface area contributed by atoms with Gasteiger partial charge in [-0.05, 0) is 11.6 Å². The predicted octanol–water partition coefficient (Wildman–Crippen LogP) is 0.446. The number of aromatic nitrogens is 2. The normalized spacial score (nSPS) is 9.08. The number of rotatable bonds is 1. The smallest absolute Gasteiger partial charge is 0.224 e. The van der Waals surface area contributed by atoms with Crippen LogP contribution in [0.5, 0.6) is 0 Å². The van der Waals surface area contributed by atoms with Crippen molar-refractivity contribution < 1.29 is 5.11 Å². The molecule has 3 N–H and O–H groups in total. The van der Waals surface area contributed by atoms with E-state index in [1.165, 1.54) is 6.20 Å². The Morgan fingerprint density at radius 1 is 1.62 bits per heavy atom. The van der Waals surface area contributed by atoms with Crippen molar-refractivity contribution in [1.82, 2.24) is 9.97 Å². The lowest BCUT2D eigenvalue weighted by molar-refractivity contribution is 0.305. The molecule has 1 heterocycles. The van der Waals surface area contributed by atoms with Crippen LogP contribution in [-0.4, -0.2) is 21.7 Å². The molecule has 0 radical (unpaired) electrons. The molecule has 4 nitrogen and oxygen atoms in total. The van der Waals surface area contributed by atoms with Crippen molar-refractivity contribution in [1.29, 1.82) is 0 Å². The lowest BCUT2D eigenvalue weighted by atomic mass is 10.3. The number of nitrogens with zero attached hydrogens (tertiary/aromatic N) is 2. The molecule has 0 fully saturated rings. The number of hydrogen-bond donors (Lipinski definition) is 2. The van der Waals surface area contributed by atoms with E-state index in [0.29, 0.717) is 12.0 Å². The van der Waals surface area contributed by atoms with E-state index in [9.17, 15) is 0 Å². The van der Waals surface area contributed by atoms with E-state index in [2.05, 4.69) is 21.8 Å². The molecule has 0 aliphatic heterocycles. The van der Waals surface area contributed by atoms with Crippen LogP contribution in [-0.2, 0) is 0 Å². The number of aliphatic hydroxyl groups excluding tert-OH is 1. The summed E-state index contributed by atoms with van der Waals surface area (Å²) in [4.78, 5) is 7.45. The molecular formula is C8H8ClN3O. The molecule has 0 bridgehead atoms. The Bertz CT molecular complexity index is 356. The second-order valence-corrected chi connectivity index (χ2v) is 2.55. The van der Waals surface area contributed by atoms with Gasteiger partial charge in [-0.3, -0.25) is 0 Å². The van der Waals surface area contributed by atoms with Gasteiger partial charge < -0.3 is 10.8 Å². The molecule has 0 amide bonds. The molecule has 1 aromatic heterocycles. The van der Waals surface area contributed by atoms with Crippen LogP contribution < -0.4 is 5.73 Å². The summed E-state index contributed by atoms with van der Waals surface area (Å²) in [5.41, 5.74) is 6.03. The first-order chi connectivity index (χ1) is 6.24. The van der Waals surface area contributed by atoms with Gasteiger partial charge in [-0.15, -0.1) is 0 Å². The van der Waals surface area contributed by atoms with Crippen molar-refractivity contribution in [3.05, 3.63) is 17.0 Å². The fourth-order valence-electron chi connectivity index (χ4n) is 0.682. The van der Waals surface area contributed by atoms with E-state index in [4.69, 9.17) is 22.4 Å². The molecule has 0 saturated heterocycles. The van der Waals surface area contributed by atoms with Gasteiger partial charge in [-0.2, -0.15) is 4.98 Å². The van der Waals surface area contributed by atoms with Gasteiger partial charge in [-0.1, -0.05) is 11.8 Å². The number of anilines is 1. The highest BCUT2D eigenvalue weighted by Gasteiger charge is 1.98. The Morgan fingerprint density at radius 2 is 2.38 bits per heavy atom. The summed E-state index contributed by atoms with van der Waals surface area (Å²) in [5.74, 6) is 5.69. The standard InChI is InChI=1S/C8H8ClN3O/c9-8-11-5-6(7(10)12-8)3-1-2-4-13/h5,13H,2,4H2,(H2,10,11,12). The van der Waals surface area contributed by atoms with Gasteiger partial charge in [0.1, 0.15) is 5.82 Å². The monoisotopic (exact) mass is 197 g/mol. The first kappa shape index (κ1) is 9.78. The number of nitrogens with two attached hydrogens (primary N) is 1. The highest BCUT2D eigenvalue weighted by atomic mass is 35.5. The minimum absolute atomic E-state index is 0.0291. The zero-order valence-electron chi connectivity index (χ0n) is 6.79. The number of nitrogen functional groups attached to an aromatic ring is 1. The quantitative estimate of drug-likeness (QED) is 0.507. The van der Waals surface area contributed by atoms with Gasteiger partial charge in [0.2, 0.25) is 5.28 Å². The lowest BCUT2D eigenvalue weighted by Crippen LogP contribution is -1.96. The van der Waals surface area contributed by atoms with Crippen molar-refractivity contribution in [3.8, 4) is 11.8 Å². The Hall–Kier alpha value is -1.31. The van der Waals surface area contributed by atoms with Crippen LogP contribution in [0.4, 0.5) is 5.82 Å². The SMILES string of the molecule is Nc1nc(Cl)ncc1C#CCCO. The first-order valence-electron chi connectivity index (χ1n) is 3.62. The van der Waals surface area contributed by atoms with Crippen LogP contribution in [0, 0.1) is 11.8 Å². The molecule has 68 valence electrons. The summed E-state index contributed by atoms with van der Waals surface area (Å²) in [5, 5.41) is 8.57. The van der Waals surface area contributed by atoms with Crippen molar-refractivity contribution in [2.24, 2.45) is 0 Å². The van der Waals surface area contributed by atoms with Gasteiger partial charge in [-0.25, -0.2) is 4.98 Å². The molecule has 0 atom stereocenters. The van der Waals surface area contributed by atoms with Gasteiger partial charge in [0.05, 0.1) is 12.2 Å². The zero-order chi connectivity index (χ0) is 9.68.